The molecule has 0 radical (unpaired) electrons. The second-order valence-corrected chi connectivity index (χ2v) is 17.8. The Morgan fingerprint density at radius 1 is 1.12 bits per heavy atom. The second-order valence-electron chi connectivity index (χ2n) is 8.97. The molecule has 0 amide bonds. The van der Waals surface area contributed by atoms with Crippen LogP contribution in [0.15, 0.2) is 42.0 Å². The van der Waals surface area contributed by atoms with Gasteiger partial charge < -0.3 is 0 Å². The van der Waals surface area contributed by atoms with Crippen LogP contribution in [0.5, 0.6) is 0 Å². The van der Waals surface area contributed by atoms with Gasteiger partial charge in [-0.15, -0.1) is 0 Å². The molecule has 1 saturated carbocycles. The molecule has 33 heavy (non-hydrogen) atoms. The summed E-state index contributed by atoms with van der Waals surface area (Å²) in [5, 5.41) is 11.6. The molecule has 2 aliphatic rings. The van der Waals surface area contributed by atoms with Gasteiger partial charge in [-0.3, -0.25) is 0 Å². The molecule has 1 unspecified atom stereocenters. The van der Waals surface area contributed by atoms with Crippen LogP contribution in [0.1, 0.15) is 57.4 Å². The number of aliphatic hydroxyl groups is 1. The number of alkyl halides is 6. The SMILES string of the molecule is C/C(=C/CCN1CCC([I-]C[I-]C(=O)C(O)(c2ccccc2)C2CCCC2)CC1)C(F)(F)F. The minimum atomic E-state index is -4.22. The number of carbonyl (C=O) groups is 1. The predicted octanol–water partition coefficient (Wildman–Crippen LogP) is -0.910. The Morgan fingerprint density at radius 2 is 1.76 bits per heavy atom. The summed E-state index contributed by atoms with van der Waals surface area (Å²) in [4.78, 5) is 15.6. The quantitative estimate of drug-likeness (QED) is 0.150. The van der Waals surface area contributed by atoms with Gasteiger partial charge in [-0.25, -0.2) is 0 Å². The monoisotopic (exact) mass is 691 g/mol. The molecule has 3 rings (SSSR count). The van der Waals surface area contributed by atoms with Crippen LogP contribution in [0, 0.1) is 5.92 Å². The van der Waals surface area contributed by atoms with E-state index >= 15 is 0 Å². The first-order valence-electron chi connectivity index (χ1n) is 11.7. The van der Waals surface area contributed by atoms with Gasteiger partial charge in [0, 0.05) is 0 Å². The van der Waals surface area contributed by atoms with Gasteiger partial charge >= 0.3 is 217 Å². The Bertz CT molecular complexity index is 789. The van der Waals surface area contributed by atoms with Gasteiger partial charge in [0.25, 0.3) is 0 Å². The number of rotatable bonds is 10. The van der Waals surface area contributed by atoms with Gasteiger partial charge in [-0.05, 0) is 0 Å². The van der Waals surface area contributed by atoms with Crippen LogP contribution in [-0.4, -0.2) is 46.0 Å². The van der Waals surface area contributed by atoms with E-state index in [0.29, 0.717) is 16.9 Å². The Labute approximate surface area is 216 Å². The zero-order chi connectivity index (χ0) is 23.9. The fourth-order valence-electron chi connectivity index (χ4n) is 4.66. The molecule has 1 saturated heterocycles. The molecule has 0 aromatic heterocycles. The molecular formula is C25H34F3I2NO2-2. The number of hydrogen-bond donors (Lipinski definition) is 1. The Hall–Kier alpha value is -0.200. The summed E-state index contributed by atoms with van der Waals surface area (Å²) >= 11 is -0.798. The maximum atomic E-state index is 13.3. The van der Waals surface area contributed by atoms with Gasteiger partial charge in [0.1, 0.15) is 0 Å². The Morgan fingerprint density at radius 3 is 2.36 bits per heavy atom. The van der Waals surface area contributed by atoms with Crippen molar-refractivity contribution in [2.24, 2.45) is 5.92 Å². The van der Waals surface area contributed by atoms with Gasteiger partial charge in [0.2, 0.25) is 0 Å². The van der Waals surface area contributed by atoms with Gasteiger partial charge in [0.15, 0.2) is 0 Å². The Kier molecular flexibility index (Phi) is 10.5. The summed E-state index contributed by atoms with van der Waals surface area (Å²) in [6.45, 7) is 3.68. The third-order valence-electron chi connectivity index (χ3n) is 6.77. The zero-order valence-corrected chi connectivity index (χ0v) is 23.4. The van der Waals surface area contributed by atoms with E-state index in [1.807, 2.05) is 30.3 Å². The molecule has 1 N–H and O–H groups in total. The zero-order valence-electron chi connectivity index (χ0n) is 19.1. The molecule has 1 aliphatic heterocycles. The number of hydrogen-bond acceptors (Lipinski definition) is 3. The van der Waals surface area contributed by atoms with E-state index in [-0.39, 0.29) is 30.9 Å². The van der Waals surface area contributed by atoms with Crippen LogP contribution in [-0.2, 0) is 10.4 Å². The molecule has 188 valence electrons. The van der Waals surface area contributed by atoms with Crippen molar-refractivity contribution in [3.8, 4) is 0 Å². The Balaban J connectivity index is 1.43. The first-order chi connectivity index (χ1) is 15.7. The van der Waals surface area contributed by atoms with Crippen molar-refractivity contribution in [3.63, 3.8) is 0 Å². The minimum absolute atomic E-state index is 0.0450. The van der Waals surface area contributed by atoms with E-state index in [4.69, 9.17) is 0 Å². The molecule has 0 bridgehead atoms. The first kappa shape index (κ1) is 27.4. The van der Waals surface area contributed by atoms with Crippen molar-refractivity contribution < 1.29 is 65.5 Å². The number of benzene rings is 1. The molecule has 1 aliphatic carbocycles. The predicted molar refractivity (Wildman–Crippen MR) is 116 cm³/mol. The molecule has 1 atom stereocenters. The van der Waals surface area contributed by atoms with Crippen LogP contribution in [0.3, 0.4) is 0 Å². The average Bonchev–Trinajstić information content (AvgIpc) is 3.35. The van der Waals surface area contributed by atoms with Crippen LogP contribution in [0.4, 0.5) is 13.2 Å². The van der Waals surface area contributed by atoms with E-state index in [2.05, 4.69) is 4.90 Å². The summed E-state index contributed by atoms with van der Waals surface area (Å²) in [5.41, 5.74) is -1.05. The van der Waals surface area contributed by atoms with E-state index in [1.54, 1.807) is 0 Å². The van der Waals surface area contributed by atoms with E-state index in [9.17, 15) is 23.1 Å². The average molecular weight is 691 g/mol. The normalized spacial score (nSPS) is 21.5. The molecule has 8 heteroatoms. The van der Waals surface area contributed by atoms with Crippen molar-refractivity contribution in [1.29, 1.82) is 0 Å². The molecule has 1 heterocycles. The second kappa shape index (κ2) is 12.7. The van der Waals surface area contributed by atoms with Gasteiger partial charge in [0.05, 0.1) is 0 Å². The molecule has 1 aromatic rings. The number of carbonyl (C=O) groups excluding carboxylic acids is 1. The summed E-state index contributed by atoms with van der Waals surface area (Å²) < 4.78 is 39.5. The third-order valence-corrected chi connectivity index (χ3v) is 15.6. The van der Waals surface area contributed by atoms with Crippen molar-refractivity contribution in [2.75, 3.05) is 22.1 Å². The number of halogens is 5. The van der Waals surface area contributed by atoms with E-state index in [0.717, 1.165) is 66.5 Å². The van der Waals surface area contributed by atoms with Crippen molar-refractivity contribution >= 4 is 3.79 Å². The van der Waals surface area contributed by atoms with Crippen molar-refractivity contribution in [2.45, 2.75) is 67.6 Å². The van der Waals surface area contributed by atoms with Crippen LogP contribution >= 0.6 is 0 Å². The van der Waals surface area contributed by atoms with Gasteiger partial charge in [-0.1, -0.05) is 0 Å². The van der Waals surface area contributed by atoms with Crippen molar-refractivity contribution in [1.82, 2.24) is 4.90 Å². The molecular weight excluding hydrogens is 657 g/mol. The third kappa shape index (κ3) is 7.64. The number of allylic oxidation sites excluding steroid dienone is 1. The van der Waals surface area contributed by atoms with Crippen LogP contribution in [0.2, 0.25) is 0 Å². The topological polar surface area (TPSA) is 40.5 Å². The standard InChI is InChI=1S/C25H34F3I2NO2/c1-19(25(26,27)28)8-7-15-31-16-13-22(14-17-31)29-18-30-23(32)24(33,21-11-5-6-12-21)20-9-3-2-4-10-20/h2-4,8-10,21-22,33H,5-7,11-18H2,1H3/q-2/b19-8-. The molecule has 1 aromatic carbocycles. The maximum absolute atomic E-state index is 13.3. The van der Waals surface area contributed by atoms with E-state index < -0.39 is 38.6 Å². The number of piperidine rings is 1. The number of likely N-dealkylation sites (tertiary alicyclic amines) is 1. The molecule has 3 nitrogen and oxygen atoms in total. The van der Waals surface area contributed by atoms with Crippen LogP contribution < -0.4 is 42.4 Å². The number of nitrogens with zero attached hydrogens (tertiary/aromatic N) is 1. The molecule has 0 spiro atoms. The summed E-state index contributed by atoms with van der Waals surface area (Å²) in [5.74, 6) is 0.0450. The van der Waals surface area contributed by atoms with Crippen molar-refractivity contribution in [3.05, 3.63) is 47.5 Å². The summed E-state index contributed by atoms with van der Waals surface area (Å²) in [7, 11) is 0. The van der Waals surface area contributed by atoms with Crippen LogP contribution in [0.25, 0.3) is 0 Å². The van der Waals surface area contributed by atoms with Gasteiger partial charge in [-0.2, -0.15) is 0 Å². The fraction of sp³-hybridized carbons (Fsp3) is 0.640. The summed E-state index contributed by atoms with van der Waals surface area (Å²) in [6, 6.07) is 9.53. The summed E-state index contributed by atoms with van der Waals surface area (Å²) in [6.07, 6.45) is 3.69. The first-order valence-corrected chi connectivity index (χ1v) is 17.0. The molecule has 2 fully saturated rings. The van der Waals surface area contributed by atoms with E-state index in [1.165, 1.54) is 6.08 Å². The fourth-order valence-corrected chi connectivity index (χ4v) is 14.4.